The number of hydrogen-bond donors (Lipinski definition) is 0. The molecule has 2 saturated carbocycles. The van der Waals surface area contributed by atoms with Crippen LogP contribution in [0.4, 0.5) is 0 Å². The third kappa shape index (κ3) is 3.43. The van der Waals surface area contributed by atoms with Gasteiger partial charge in [0.15, 0.2) is 0 Å². The van der Waals surface area contributed by atoms with Crippen LogP contribution in [0.15, 0.2) is 0 Å². The van der Waals surface area contributed by atoms with Gasteiger partial charge in [0.25, 0.3) is 5.91 Å². The average molecular weight is 322 g/mol. The third-order valence-corrected chi connectivity index (χ3v) is 6.20. The van der Waals surface area contributed by atoms with Crippen molar-refractivity contribution >= 4 is 5.91 Å². The van der Waals surface area contributed by atoms with Gasteiger partial charge in [-0.05, 0) is 71.4 Å². The summed E-state index contributed by atoms with van der Waals surface area (Å²) in [5.74, 6) is 1.02. The van der Waals surface area contributed by atoms with Gasteiger partial charge in [0.05, 0.1) is 5.60 Å². The fourth-order valence-electron chi connectivity index (χ4n) is 4.36. The smallest absolute Gasteiger partial charge is 0.254 e. The fraction of sp³-hybridized carbons (Fsp3) is 0.947. The summed E-state index contributed by atoms with van der Waals surface area (Å²) in [4.78, 5) is 17.1. The molecule has 0 aromatic carbocycles. The van der Waals surface area contributed by atoms with Crippen molar-refractivity contribution in [2.45, 2.75) is 83.0 Å². The van der Waals surface area contributed by atoms with Gasteiger partial charge in [-0.15, -0.1) is 0 Å². The zero-order valence-electron chi connectivity index (χ0n) is 15.4. The van der Waals surface area contributed by atoms with Crippen LogP contribution in [-0.2, 0) is 9.53 Å². The lowest BCUT2D eigenvalue weighted by atomic mass is 9.79. The molecule has 4 nitrogen and oxygen atoms in total. The van der Waals surface area contributed by atoms with E-state index in [9.17, 15) is 4.79 Å². The lowest BCUT2D eigenvalue weighted by molar-refractivity contribution is -0.199. The van der Waals surface area contributed by atoms with Gasteiger partial charge in [-0.25, -0.2) is 0 Å². The molecule has 4 heteroatoms. The van der Waals surface area contributed by atoms with E-state index in [4.69, 9.17) is 4.74 Å². The van der Waals surface area contributed by atoms with Crippen LogP contribution in [-0.4, -0.2) is 59.6 Å². The fourth-order valence-corrected chi connectivity index (χ4v) is 4.36. The Balaban J connectivity index is 1.58. The molecule has 132 valence electrons. The minimum atomic E-state index is -0.426. The Labute approximate surface area is 141 Å². The monoisotopic (exact) mass is 322 g/mol. The standard InChI is InChI=1S/C19H34N2O2/c1-5-21-14-18(23-19(11-12-19)17(21)22)9-6-16(7-10-18)20(4)13-8-15(2)3/h15-16H,5-14H2,1-4H3. The molecule has 0 aromatic heterocycles. The molecule has 0 atom stereocenters. The maximum absolute atomic E-state index is 12.5. The largest absolute Gasteiger partial charge is 0.357 e. The maximum atomic E-state index is 12.5. The molecule has 2 aliphatic carbocycles. The highest BCUT2D eigenvalue weighted by atomic mass is 16.5. The van der Waals surface area contributed by atoms with E-state index in [-0.39, 0.29) is 11.5 Å². The van der Waals surface area contributed by atoms with E-state index < -0.39 is 5.60 Å². The van der Waals surface area contributed by atoms with Gasteiger partial charge in [-0.1, -0.05) is 13.8 Å². The van der Waals surface area contributed by atoms with Crippen LogP contribution in [0.1, 0.15) is 65.7 Å². The van der Waals surface area contributed by atoms with Crippen molar-refractivity contribution in [2.24, 2.45) is 5.92 Å². The normalized spacial score (nSPS) is 33.2. The van der Waals surface area contributed by atoms with Crippen molar-refractivity contribution in [3.63, 3.8) is 0 Å². The molecule has 0 N–H and O–H groups in total. The van der Waals surface area contributed by atoms with Gasteiger partial charge < -0.3 is 14.5 Å². The zero-order valence-corrected chi connectivity index (χ0v) is 15.4. The summed E-state index contributed by atoms with van der Waals surface area (Å²) in [6, 6.07) is 0.686. The summed E-state index contributed by atoms with van der Waals surface area (Å²) in [6.45, 7) is 9.52. The van der Waals surface area contributed by atoms with Crippen molar-refractivity contribution in [2.75, 3.05) is 26.7 Å². The van der Waals surface area contributed by atoms with Gasteiger partial charge in [0.2, 0.25) is 0 Å². The number of rotatable bonds is 5. The summed E-state index contributed by atoms with van der Waals surface area (Å²) in [7, 11) is 2.27. The minimum absolute atomic E-state index is 0.0597. The van der Waals surface area contributed by atoms with E-state index >= 15 is 0 Å². The number of amides is 1. The van der Waals surface area contributed by atoms with Gasteiger partial charge in [0, 0.05) is 19.1 Å². The Bertz CT molecular complexity index is 437. The highest BCUT2D eigenvalue weighted by Gasteiger charge is 2.61. The summed E-state index contributed by atoms with van der Waals surface area (Å²) in [6.07, 6.45) is 7.76. The number of carbonyl (C=O) groups excluding carboxylic acids is 1. The van der Waals surface area contributed by atoms with Crippen LogP contribution >= 0.6 is 0 Å². The predicted octanol–water partition coefficient (Wildman–Crippen LogP) is 3.06. The van der Waals surface area contributed by atoms with Gasteiger partial charge >= 0.3 is 0 Å². The highest BCUT2D eigenvalue weighted by molar-refractivity contribution is 5.89. The van der Waals surface area contributed by atoms with Crippen LogP contribution in [0.25, 0.3) is 0 Å². The average Bonchev–Trinajstić information content (AvgIpc) is 3.29. The van der Waals surface area contributed by atoms with E-state index in [1.165, 1.54) is 25.8 Å². The van der Waals surface area contributed by atoms with E-state index in [0.29, 0.717) is 6.04 Å². The molecule has 3 aliphatic rings. The lowest BCUT2D eigenvalue weighted by Gasteiger charge is -2.50. The number of likely N-dealkylation sites (N-methyl/N-ethyl adjacent to an activating group) is 1. The van der Waals surface area contributed by atoms with Crippen molar-refractivity contribution in [3.05, 3.63) is 0 Å². The van der Waals surface area contributed by atoms with Gasteiger partial charge in [-0.3, -0.25) is 4.79 Å². The second-order valence-corrected chi connectivity index (χ2v) is 8.49. The maximum Gasteiger partial charge on any atom is 0.254 e. The molecule has 23 heavy (non-hydrogen) atoms. The molecule has 3 fully saturated rings. The van der Waals surface area contributed by atoms with Crippen LogP contribution in [0.3, 0.4) is 0 Å². The first-order valence-corrected chi connectivity index (χ1v) is 9.59. The second-order valence-electron chi connectivity index (χ2n) is 8.49. The Kier molecular flexibility index (Phi) is 4.76. The van der Waals surface area contributed by atoms with Gasteiger partial charge in [0.1, 0.15) is 5.60 Å². The van der Waals surface area contributed by atoms with Gasteiger partial charge in [-0.2, -0.15) is 0 Å². The number of morpholine rings is 1. The Morgan fingerprint density at radius 3 is 2.43 bits per heavy atom. The van der Waals surface area contributed by atoms with Crippen LogP contribution < -0.4 is 0 Å². The van der Waals surface area contributed by atoms with Crippen molar-refractivity contribution in [1.82, 2.24) is 9.80 Å². The molecule has 1 amide bonds. The van der Waals surface area contributed by atoms with Crippen LogP contribution in [0, 0.1) is 5.92 Å². The molecular weight excluding hydrogens is 288 g/mol. The molecule has 1 saturated heterocycles. The Morgan fingerprint density at radius 2 is 1.91 bits per heavy atom. The summed E-state index contributed by atoms with van der Waals surface area (Å²) >= 11 is 0. The van der Waals surface area contributed by atoms with Crippen LogP contribution in [0.5, 0.6) is 0 Å². The highest BCUT2D eigenvalue weighted by Crippen LogP contribution is 2.51. The molecule has 0 aromatic rings. The number of hydrogen-bond acceptors (Lipinski definition) is 3. The lowest BCUT2D eigenvalue weighted by Crippen LogP contribution is -2.61. The van der Waals surface area contributed by atoms with Crippen molar-refractivity contribution in [3.8, 4) is 0 Å². The first-order chi connectivity index (χ1) is 10.9. The van der Waals surface area contributed by atoms with E-state index in [1.807, 2.05) is 0 Å². The molecule has 2 spiro atoms. The number of carbonyl (C=O) groups is 1. The van der Waals surface area contributed by atoms with E-state index in [1.54, 1.807) is 0 Å². The molecule has 0 unspecified atom stereocenters. The first-order valence-electron chi connectivity index (χ1n) is 9.59. The number of ether oxygens (including phenoxy) is 1. The zero-order chi connectivity index (χ0) is 16.7. The molecular formula is C19H34N2O2. The quantitative estimate of drug-likeness (QED) is 0.780. The number of nitrogens with zero attached hydrogens (tertiary/aromatic N) is 2. The summed E-state index contributed by atoms with van der Waals surface area (Å²) < 4.78 is 6.47. The molecule has 0 radical (unpaired) electrons. The molecule has 1 aliphatic heterocycles. The summed E-state index contributed by atoms with van der Waals surface area (Å²) in [5, 5.41) is 0. The topological polar surface area (TPSA) is 32.8 Å². The van der Waals surface area contributed by atoms with Crippen LogP contribution in [0.2, 0.25) is 0 Å². The van der Waals surface area contributed by atoms with E-state index in [2.05, 4.69) is 37.6 Å². The first kappa shape index (κ1) is 17.2. The molecule has 3 rings (SSSR count). The SMILES string of the molecule is CCN1CC2(CCC(N(C)CCC(C)C)CC2)OC2(CC2)C1=O. The Morgan fingerprint density at radius 1 is 1.26 bits per heavy atom. The third-order valence-electron chi connectivity index (χ3n) is 6.20. The summed E-state index contributed by atoms with van der Waals surface area (Å²) in [5.41, 5.74) is -0.486. The molecule has 0 bridgehead atoms. The minimum Gasteiger partial charge on any atom is -0.357 e. The van der Waals surface area contributed by atoms with Crippen molar-refractivity contribution < 1.29 is 9.53 Å². The Hall–Kier alpha value is -0.610. The predicted molar refractivity (Wildman–Crippen MR) is 92.4 cm³/mol. The van der Waals surface area contributed by atoms with Crippen molar-refractivity contribution in [1.29, 1.82) is 0 Å². The second kappa shape index (κ2) is 6.36. The molecule has 1 heterocycles. The van der Waals surface area contributed by atoms with E-state index in [0.717, 1.165) is 44.7 Å².